The Bertz CT molecular complexity index is 487. The highest BCUT2D eigenvalue weighted by Gasteiger charge is 2.27. The first kappa shape index (κ1) is 13.7. The van der Waals surface area contributed by atoms with Crippen LogP contribution in [0.5, 0.6) is 0 Å². The maximum absolute atomic E-state index is 11.9. The minimum absolute atomic E-state index is 0.0193. The number of carbonyl (C=O) groups excluding carboxylic acids is 1. The summed E-state index contributed by atoms with van der Waals surface area (Å²) in [5.41, 5.74) is 0.150. The van der Waals surface area contributed by atoms with Crippen LogP contribution in [0, 0.1) is 5.92 Å². The fraction of sp³-hybridized carbons (Fsp3) is 0.500. The molecule has 0 spiro atoms. The Morgan fingerprint density at radius 3 is 2.58 bits per heavy atom. The van der Waals surface area contributed by atoms with E-state index in [0.29, 0.717) is 25.7 Å². The van der Waals surface area contributed by atoms with Gasteiger partial charge in [0.2, 0.25) is 0 Å². The summed E-state index contributed by atoms with van der Waals surface area (Å²) in [4.78, 5) is 30.3. The number of nitrogens with zero attached hydrogens (tertiary/aromatic N) is 2. The smallest absolute Gasteiger partial charge is 0.306 e. The third kappa shape index (κ3) is 3.41. The van der Waals surface area contributed by atoms with Gasteiger partial charge in [-0.25, -0.2) is 9.97 Å². The fourth-order valence-electron chi connectivity index (χ4n) is 2.22. The molecule has 0 aliphatic heterocycles. The second-order valence-electron chi connectivity index (χ2n) is 4.58. The molecule has 1 heterocycles. The number of carboxylic acids is 1. The van der Waals surface area contributed by atoms with Crippen molar-refractivity contribution in [3.63, 3.8) is 0 Å². The standard InChI is InChI=1S/C12H14ClN3O3/c13-9-5-14-6-15-10(9)11(17)16-8-3-1-7(2-4-8)12(18)19/h5-8H,1-4H2,(H,16,17)(H,18,19). The van der Waals surface area contributed by atoms with Gasteiger partial charge in [-0.15, -0.1) is 0 Å². The Balaban J connectivity index is 1.91. The maximum atomic E-state index is 11.9. The quantitative estimate of drug-likeness (QED) is 0.877. The zero-order valence-corrected chi connectivity index (χ0v) is 10.9. The van der Waals surface area contributed by atoms with Crippen LogP contribution in [-0.4, -0.2) is 33.0 Å². The molecule has 0 atom stereocenters. The molecule has 0 radical (unpaired) electrons. The Morgan fingerprint density at radius 2 is 2.00 bits per heavy atom. The Morgan fingerprint density at radius 1 is 1.32 bits per heavy atom. The Labute approximate surface area is 115 Å². The third-order valence-electron chi connectivity index (χ3n) is 3.29. The normalized spacial score (nSPS) is 22.8. The van der Waals surface area contributed by atoms with E-state index in [4.69, 9.17) is 16.7 Å². The van der Waals surface area contributed by atoms with E-state index < -0.39 is 5.97 Å². The molecule has 1 aliphatic rings. The zero-order valence-electron chi connectivity index (χ0n) is 10.2. The van der Waals surface area contributed by atoms with Crippen LogP contribution in [0.2, 0.25) is 5.02 Å². The van der Waals surface area contributed by atoms with Gasteiger partial charge < -0.3 is 10.4 Å². The van der Waals surface area contributed by atoms with E-state index in [1.807, 2.05) is 0 Å². The number of rotatable bonds is 3. The molecule has 6 nitrogen and oxygen atoms in total. The number of nitrogens with one attached hydrogen (secondary N) is 1. The van der Waals surface area contributed by atoms with E-state index in [0.717, 1.165) is 0 Å². The topological polar surface area (TPSA) is 92.2 Å². The number of hydrogen-bond donors (Lipinski definition) is 2. The number of hydrogen-bond acceptors (Lipinski definition) is 4. The zero-order chi connectivity index (χ0) is 13.8. The first-order valence-electron chi connectivity index (χ1n) is 6.07. The predicted octanol–water partition coefficient (Wildman–Crippen LogP) is 1.50. The van der Waals surface area contributed by atoms with E-state index in [-0.39, 0.29) is 28.6 Å². The summed E-state index contributed by atoms with van der Waals surface area (Å²) in [6, 6.07) is -0.0193. The van der Waals surface area contributed by atoms with Crippen molar-refractivity contribution in [1.82, 2.24) is 15.3 Å². The van der Waals surface area contributed by atoms with Gasteiger partial charge in [-0.3, -0.25) is 9.59 Å². The van der Waals surface area contributed by atoms with Crippen molar-refractivity contribution < 1.29 is 14.7 Å². The van der Waals surface area contributed by atoms with Gasteiger partial charge >= 0.3 is 5.97 Å². The molecule has 19 heavy (non-hydrogen) atoms. The lowest BCUT2D eigenvalue weighted by molar-refractivity contribution is -0.142. The SMILES string of the molecule is O=C(NC1CCC(C(=O)O)CC1)c1ncncc1Cl. The van der Waals surface area contributed by atoms with Crippen LogP contribution in [0.4, 0.5) is 0 Å². The van der Waals surface area contributed by atoms with Crippen molar-refractivity contribution >= 4 is 23.5 Å². The summed E-state index contributed by atoms with van der Waals surface area (Å²) in [6.07, 6.45) is 5.11. The van der Waals surface area contributed by atoms with Crippen molar-refractivity contribution in [2.75, 3.05) is 0 Å². The highest BCUT2D eigenvalue weighted by molar-refractivity contribution is 6.33. The highest BCUT2D eigenvalue weighted by Crippen LogP contribution is 2.24. The van der Waals surface area contributed by atoms with Crippen LogP contribution in [0.3, 0.4) is 0 Å². The van der Waals surface area contributed by atoms with Crippen molar-refractivity contribution in [2.45, 2.75) is 31.7 Å². The summed E-state index contributed by atoms with van der Waals surface area (Å²) >= 11 is 5.84. The first-order chi connectivity index (χ1) is 9.08. The van der Waals surface area contributed by atoms with Gasteiger partial charge in [-0.1, -0.05) is 11.6 Å². The third-order valence-corrected chi connectivity index (χ3v) is 3.57. The molecule has 0 bridgehead atoms. The second-order valence-corrected chi connectivity index (χ2v) is 4.99. The minimum Gasteiger partial charge on any atom is -0.481 e. The van der Waals surface area contributed by atoms with Gasteiger partial charge in [0.15, 0.2) is 0 Å². The molecule has 0 aromatic carbocycles. The Hall–Kier alpha value is -1.69. The Kier molecular flexibility index (Phi) is 4.31. The number of carboxylic acid groups (broad SMARTS) is 1. The summed E-state index contributed by atoms with van der Waals surface area (Å²) in [7, 11) is 0. The molecule has 2 rings (SSSR count). The molecule has 7 heteroatoms. The van der Waals surface area contributed by atoms with Gasteiger partial charge in [0.1, 0.15) is 12.0 Å². The maximum Gasteiger partial charge on any atom is 0.306 e. The van der Waals surface area contributed by atoms with Crippen LogP contribution in [0.1, 0.15) is 36.2 Å². The molecule has 2 N–H and O–H groups in total. The van der Waals surface area contributed by atoms with Gasteiger partial charge in [-0.2, -0.15) is 0 Å². The average molecular weight is 284 g/mol. The van der Waals surface area contributed by atoms with Crippen molar-refractivity contribution in [2.24, 2.45) is 5.92 Å². The average Bonchev–Trinajstić information content (AvgIpc) is 2.39. The van der Waals surface area contributed by atoms with Crippen LogP contribution >= 0.6 is 11.6 Å². The van der Waals surface area contributed by atoms with E-state index in [2.05, 4.69) is 15.3 Å². The van der Waals surface area contributed by atoms with E-state index in [1.54, 1.807) is 0 Å². The number of carbonyl (C=O) groups is 2. The molecule has 1 aromatic rings. The van der Waals surface area contributed by atoms with Gasteiger partial charge in [-0.05, 0) is 25.7 Å². The molecule has 1 aromatic heterocycles. The number of aromatic nitrogens is 2. The summed E-state index contributed by atoms with van der Waals surface area (Å²) in [5.74, 6) is -1.40. The van der Waals surface area contributed by atoms with Crippen molar-refractivity contribution in [1.29, 1.82) is 0 Å². The largest absolute Gasteiger partial charge is 0.481 e. The van der Waals surface area contributed by atoms with Crippen LogP contribution in [0.25, 0.3) is 0 Å². The molecule has 1 fully saturated rings. The molecule has 0 saturated heterocycles. The minimum atomic E-state index is -0.761. The lowest BCUT2D eigenvalue weighted by atomic mass is 9.86. The van der Waals surface area contributed by atoms with Gasteiger partial charge in [0.05, 0.1) is 10.9 Å². The molecule has 1 aliphatic carbocycles. The number of amides is 1. The molecule has 1 amide bonds. The predicted molar refractivity (Wildman–Crippen MR) is 67.9 cm³/mol. The number of halogens is 1. The second kappa shape index (κ2) is 5.97. The van der Waals surface area contributed by atoms with E-state index >= 15 is 0 Å². The summed E-state index contributed by atoms with van der Waals surface area (Å²) in [5, 5.41) is 11.9. The highest BCUT2D eigenvalue weighted by atomic mass is 35.5. The van der Waals surface area contributed by atoms with Gasteiger partial charge in [0, 0.05) is 12.2 Å². The molecular formula is C12H14ClN3O3. The first-order valence-corrected chi connectivity index (χ1v) is 6.45. The molecule has 102 valence electrons. The lowest BCUT2D eigenvalue weighted by Gasteiger charge is -2.26. The summed E-state index contributed by atoms with van der Waals surface area (Å²) < 4.78 is 0. The molecular weight excluding hydrogens is 270 g/mol. The van der Waals surface area contributed by atoms with Crippen LogP contribution in [0.15, 0.2) is 12.5 Å². The number of aliphatic carboxylic acids is 1. The van der Waals surface area contributed by atoms with Crippen molar-refractivity contribution in [3.8, 4) is 0 Å². The molecule has 0 unspecified atom stereocenters. The molecule has 1 saturated carbocycles. The summed E-state index contributed by atoms with van der Waals surface area (Å²) in [6.45, 7) is 0. The van der Waals surface area contributed by atoms with Gasteiger partial charge in [0.25, 0.3) is 5.91 Å². The van der Waals surface area contributed by atoms with Crippen LogP contribution < -0.4 is 5.32 Å². The van der Waals surface area contributed by atoms with E-state index in [1.165, 1.54) is 12.5 Å². The van der Waals surface area contributed by atoms with Crippen LogP contribution in [-0.2, 0) is 4.79 Å². The van der Waals surface area contributed by atoms with E-state index in [9.17, 15) is 9.59 Å². The lowest BCUT2D eigenvalue weighted by Crippen LogP contribution is -2.39. The van der Waals surface area contributed by atoms with Crippen molar-refractivity contribution in [3.05, 3.63) is 23.2 Å². The monoisotopic (exact) mass is 283 g/mol. The fourth-order valence-corrected chi connectivity index (χ4v) is 2.41.